The Kier molecular flexibility index (Phi) is 4.05. The molecule has 0 amide bonds. The maximum Gasteiger partial charge on any atom is 0.147 e. The van der Waals surface area contributed by atoms with Crippen molar-refractivity contribution in [3.8, 4) is 0 Å². The van der Waals surface area contributed by atoms with Crippen molar-refractivity contribution in [3.05, 3.63) is 23.1 Å². The number of fused-ring (bicyclic) bond motifs is 5. The van der Waals surface area contributed by atoms with Crippen LogP contribution in [0.15, 0.2) is 6.33 Å². The fraction of sp³-hybridized carbons (Fsp3) is 0.550. The van der Waals surface area contributed by atoms with Crippen molar-refractivity contribution >= 4 is 37.6 Å². The Bertz CT molecular complexity index is 975. The molecule has 4 heterocycles. The van der Waals surface area contributed by atoms with Crippen molar-refractivity contribution in [3.63, 3.8) is 0 Å². The summed E-state index contributed by atoms with van der Waals surface area (Å²) in [6.07, 6.45) is 7.78. The lowest BCUT2D eigenvalue weighted by Crippen LogP contribution is -2.18. The average molecular weight is 369 g/mol. The molecule has 3 aromatic rings. The van der Waals surface area contributed by atoms with E-state index in [0.29, 0.717) is 12.0 Å². The number of nitrogens with one attached hydrogen (secondary N) is 1. The lowest BCUT2D eigenvalue weighted by Gasteiger charge is -2.12. The summed E-state index contributed by atoms with van der Waals surface area (Å²) >= 11 is 1.73. The molecule has 1 saturated heterocycles. The zero-order valence-electron chi connectivity index (χ0n) is 15.3. The molecular weight excluding hydrogens is 344 g/mol. The predicted molar refractivity (Wildman–Crippen MR) is 106 cm³/mol. The number of hydrogen-bond donors (Lipinski definition) is 1. The van der Waals surface area contributed by atoms with Gasteiger partial charge in [-0.15, -0.1) is 11.3 Å². The summed E-state index contributed by atoms with van der Waals surface area (Å²) in [5.41, 5.74) is 5.29. The van der Waals surface area contributed by atoms with Crippen LogP contribution in [0.4, 0.5) is 5.82 Å². The molecule has 0 bridgehead atoms. The zero-order chi connectivity index (χ0) is 17.7. The van der Waals surface area contributed by atoms with E-state index in [2.05, 4.69) is 29.1 Å². The second-order valence-corrected chi connectivity index (χ2v) is 8.66. The monoisotopic (exact) mass is 368 g/mol. The third kappa shape index (κ3) is 2.58. The van der Waals surface area contributed by atoms with Gasteiger partial charge in [-0.3, -0.25) is 0 Å². The number of aromatic nitrogens is 3. The van der Waals surface area contributed by atoms with Gasteiger partial charge in [0.25, 0.3) is 0 Å². The van der Waals surface area contributed by atoms with Gasteiger partial charge in [0.2, 0.25) is 0 Å². The van der Waals surface area contributed by atoms with E-state index in [1.807, 2.05) is 0 Å². The van der Waals surface area contributed by atoms with E-state index in [1.165, 1.54) is 28.6 Å². The van der Waals surface area contributed by atoms with Gasteiger partial charge in [-0.2, -0.15) is 0 Å². The summed E-state index contributed by atoms with van der Waals surface area (Å²) < 4.78 is 6.86. The van der Waals surface area contributed by atoms with Crippen LogP contribution in [-0.2, 0) is 17.6 Å². The molecule has 1 atom stereocenters. The molecule has 136 valence electrons. The van der Waals surface area contributed by atoms with Crippen LogP contribution in [0.25, 0.3) is 20.4 Å². The van der Waals surface area contributed by atoms with E-state index in [-0.39, 0.29) is 0 Å². The summed E-state index contributed by atoms with van der Waals surface area (Å²) in [5.74, 6) is 1.38. The van der Waals surface area contributed by atoms with Crippen molar-refractivity contribution in [2.24, 2.45) is 0 Å². The highest BCUT2D eigenvalue weighted by Crippen LogP contribution is 2.42. The van der Waals surface area contributed by atoms with Crippen LogP contribution < -0.4 is 5.32 Å². The summed E-state index contributed by atoms with van der Waals surface area (Å²) in [6.45, 7) is 6.18. The van der Waals surface area contributed by atoms with Crippen molar-refractivity contribution in [2.75, 3.05) is 18.5 Å². The van der Waals surface area contributed by atoms with E-state index >= 15 is 0 Å². The maximum atomic E-state index is 5.73. The largest absolute Gasteiger partial charge is 0.376 e. The van der Waals surface area contributed by atoms with Crippen molar-refractivity contribution in [1.82, 2.24) is 15.0 Å². The second-order valence-electron chi connectivity index (χ2n) is 7.66. The van der Waals surface area contributed by atoms with Gasteiger partial charge < -0.3 is 10.1 Å². The Labute approximate surface area is 157 Å². The summed E-state index contributed by atoms with van der Waals surface area (Å²) in [4.78, 5) is 15.3. The van der Waals surface area contributed by atoms with Crippen LogP contribution in [0.2, 0.25) is 0 Å². The molecule has 3 aromatic heterocycles. The first-order valence-corrected chi connectivity index (χ1v) is 10.5. The normalized spacial score (nSPS) is 19.7. The fourth-order valence-electron chi connectivity index (χ4n) is 4.35. The molecule has 5 nitrogen and oxygen atoms in total. The van der Waals surface area contributed by atoms with Crippen molar-refractivity contribution < 1.29 is 4.74 Å². The molecule has 1 N–H and O–H groups in total. The molecule has 0 spiro atoms. The molecule has 1 aliphatic heterocycles. The number of hydrogen-bond acceptors (Lipinski definition) is 6. The summed E-state index contributed by atoms with van der Waals surface area (Å²) in [5, 5.41) is 4.77. The van der Waals surface area contributed by atoms with Gasteiger partial charge in [0.15, 0.2) is 0 Å². The fourth-order valence-corrected chi connectivity index (χ4v) is 5.48. The van der Waals surface area contributed by atoms with Crippen LogP contribution in [0.3, 0.4) is 0 Å². The minimum atomic E-state index is 0.296. The molecule has 26 heavy (non-hydrogen) atoms. The van der Waals surface area contributed by atoms with E-state index in [1.54, 1.807) is 17.7 Å². The van der Waals surface area contributed by atoms with Crippen LogP contribution in [0.1, 0.15) is 55.8 Å². The highest BCUT2D eigenvalue weighted by atomic mass is 32.1. The topological polar surface area (TPSA) is 59.9 Å². The van der Waals surface area contributed by atoms with Gasteiger partial charge in [-0.1, -0.05) is 13.8 Å². The molecular formula is C20H24N4OS. The van der Waals surface area contributed by atoms with E-state index in [9.17, 15) is 0 Å². The first kappa shape index (κ1) is 16.4. The highest BCUT2D eigenvalue weighted by molar-refractivity contribution is 7.26. The van der Waals surface area contributed by atoms with Gasteiger partial charge in [0.05, 0.1) is 16.3 Å². The number of thiophene rings is 1. The number of nitrogens with zero attached hydrogens (tertiary/aromatic N) is 3. The van der Waals surface area contributed by atoms with Crippen molar-refractivity contribution in [1.29, 1.82) is 0 Å². The van der Waals surface area contributed by atoms with Gasteiger partial charge in [0, 0.05) is 24.2 Å². The van der Waals surface area contributed by atoms with E-state index < -0.39 is 0 Å². The van der Waals surface area contributed by atoms with Crippen LogP contribution in [-0.4, -0.2) is 34.2 Å². The molecule has 6 heteroatoms. The first-order valence-electron chi connectivity index (χ1n) is 9.66. The van der Waals surface area contributed by atoms with Gasteiger partial charge in [-0.05, 0) is 49.1 Å². The minimum Gasteiger partial charge on any atom is -0.376 e. The standard InChI is InChI=1S/C20H24N4OS/c1-11(2)16-14-7-3-6-13(14)15-17-18(26-20(15)24-16)19(23-10-22-17)21-9-12-5-4-8-25-12/h10-12H,3-9H2,1-2H3,(H,21,22,23)/t12-/m1/s1. The second kappa shape index (κ2) is 6.43. The SMILES string of the molecule is CC(C)c1nc2sc3c(NC[C@H]4CCCO4)ncnc3c2c2c1CCC2. The van der Waals surface area contributed by atoms with E-state index in [4.69, 9.17) is 9.72 Å². The number of pyridine rings is 1. The number of anilines is 1. The molecule has 1 fully saturated rings. The Morgan fingerprint density at radius 3 is 2.92 bits per heavy atom. The van der Waals surface area contributed by atoms with Gasteiger partial charge >= 0.3 is 0 Å². The maximum absolute atomic E-state index is 5.73. The Hall–Kier alpha value is -1.79. The average Bonchev–Trinajstić information content (AvgIpc) is 3.36. The lowest BCUT2D eigenvalue weighted by molar-refractivity contribution is 0.120. The first-order chi connectivity index (χ1) is 12.7. The van der Waals surface area contributed by atoms with Gasteiger partial charge in [0.1, 0.15) is 17.0 Å². The summed E-state index contributed by atoms with van der Waals surface area (Å²) in [6, 6.07) is 0. The van der Waals surface area contributed by atoms with Crippen LogP contribution in [0.5, 0.6) is 0 Å². The van der Waals surface area contributed by atoms with Crippen molar-refractivity contribution in [2.45, 2.75) is 58.0 Å². The smallest absolute Gasteiger partial charge is 0.147 e. The number of rotatable bonds is 4. The Morgan fingerprint density at radius 2 is 2.12 bits per heavy atom. The minimum absolute atomic E-state index is 0.296. The third-order valence-corrected chi connectivity index (χ3v) is 6.65. The molecule has 0 radical (unpaired) electrons. The third-order valence-electron chi connectivity index (χ3n) is 5.57. The van der Waals surface area contributed by atoms with E-state index in [0.717, 1.165) is 59.7 Å². The Balaban J connectivity index is 1.63. The summed E-state index contributed by atoms with van der Waals surface area (Å²) in [7, 11) is 0. The Morgan fingerprint density at radius 1 is 1.23 bits per heavy atom. The quantitative estimate of drug-likeness (QED) is 0.737. The number of aryl methyl sites for hydroxylation is 1. The molecule has 0 unspecified atom stereocenters. The van der Waals surface area contributed by atoms with Crippen LogP contribution >= 0.6 is 11.3 Å². The van der Waals surface area contributed by atoms with Gasteiger partial charge in [-0.25, -0.2) is 15.0 Å². The molecule has 0 saturated carbocycles. The predicted octanol–water partition coefficient (Wildman–Crippen LogP) is 4.44. The molecule has 5 rings (SSSR count). The highest BCUT2D eigenvalue weighted by Gasteiger charge is 2.25. The number of ether oxygens (including phenoxy) is 1. The molecule has 1 aliphatic carbocycles. The molecule has 2 aliphatic rings. The van der Waals surface area contributed by atoms with Crippen LogP contribution in [0, 0.1) is 0 Å². The lowest BCUT2D eigenvalue weighted by atomic mass is 9.99. The zero-order valence-corrected chi connectivity index (χ0v) is 16.2. The molecule has 0 aromatic carbocycles.